The first-order chi connectivity index (χ1) is 11.0. The van der Waals surface area contributed by atoms with Crippen LogP contribution in [-0.4, -0.2) is 18.6 Å². The molecule has 5 nitrogen and oxygen atoms in total. The second-order valence-corrected chi connectivity index (χ2v) is 5.94. The van der Waals surface area contributed by atoms with E-state index in [0.29, 0.717) is 17.3 Å². The summed E-state index contributed by atoms with van der Waals surface area (Å²) in [6, 6.07) is 6.10. The Labute approximate surface area is 141 Å². The van der Waals surface area contributed by atoms with E-state index in [1.54, 1.807) is 24.3 Å². The molecular weight excluding hydrogens is 316 g/mol. The molecule has 0 aromatic heterocycles. The van der Waals surface area contributed by atoms with Gasteiger partial charge in [0.15, 0.2) is 0 Å². The molecule has 0 radical (unpaired) electrons. The molecule has 2 amide bonds. The molecule has 0 spiro atoms. The van der Waals surface area contributed by atoms with Gasteiger partial charge in [0.1, 0.15) is 5.92 Å². The van der Waals surface area contributed by atoms with Gasteiger partial charge in [-0.25, -0.2) is 4.79 Å². The highest BCUT2D eigenvalue weighted by Crippen LogP contribution is 2.31. The lowest BCUT2D eigenvalue weighted by Crippen LogP contribution is -2.51. The summed E-state index contributed by atoms with van der Waals surface area (Å²) in [7, 11) is 0. The van der Waals surface area contributed by atoms with Crippen molar-refractivity contribution in [3.8, 4) is 0 Å². The highest BCUT2D eigenvalue weighted by Gasteiger charge is 2.38. The van der Waals surface area contributed by atoms with Crippen LogP contribution in [0.5, 0.6) is 0 Å². The number of carbonyl (C=O) groups excluding carboxylic acids is 2. The smallest absolute Gasteiger partial charge is 0.319 e. The summed E-state index contributed by atoms with van der Waals surface area (Å²) in [6.07, 6.45) is 2.89. The molecule has 1 saturated heterocycles. The van der Waals surface area contributed by atoms with Crippen LogP contribution in [0.25, 0.3) is 0 Å². The van der Waals surface area contributed by atoms with Crippen molar-refractivity contribution in [2.24, 2.45) is 5.92 Å². The maximum Gasteiger partial charge on any atom is 0.319 e. The first-order valence-electron chi connectivity index (χ1n) is 7.71. The third-order valence-corrected chi connectivity index (χ3v) is 4.00. The average Bonchev–Trinajstić information content (AvgIpc) is 2.51. The molecule has 1 heterocycles. The van der Waals surface area contributed by atoms with E-state index >= 15 is 0 Å². The lowest BCUT2D eigenvalue weighted by molar-refractivity contribution is -0.148. The van der Waals surface area contributed by atoms with Gasteiger partial charge in [-0.05, 0) is 24.1 Å². The molecule has 23 heavy (non-hydrogen) atoms. The molecule has 0 bridgehead atoms. The number of carbonyl (C=O) groups is 2. The van der Waals surface area contributed by atoms with Crippen molar-refractivity contribution in [3.05, 3.63) is 47.1 Å². The largest absolute Gasteiger partial charge is 0.465 e. The summed E-state index contributed by atoms with van der Waals surface area (Å²) in [5, 5.41) is 5.90. The van der Waals surface area contributed by atoms with Crippen LogP contribution in [0.2, 0.25) is 5.02 Å². The summed E-state index contributed by atoms with van der Waals surface area (Å²) in [5.41, 5.74) is 1.12. The van der Waals surface area contributed by atoms with E-state index in [4.69, 9.17) is 16.3 Å². The fourth-order valence-electron chi connectivity index (χ4n) is 2.52. The highest BCUT2D eigenvalue weighted by atomic mass is 35.5. The van der Waals surface area contributed by atoms with Crippen LogP contribution in [0.4, 0.5) is 4.79 Å². The number of halogens is 1. The van der Waals surface area contributed by atoms with Gasteiger partial charge in [-0.3, -0.25) is 4.79 Å². The van der Waals surface area contributed by atoms with Gasteiger partial charge in [-0.1, -0.05) is 50.1 Å². The van der Waals surface area contributed by atoms with Gasteiger partial charge >= 0.3 is 12.0 Å². The van der Waals surface area contributed by atoms with E-state index in [1.165, 1.54) is 0 Å². The zero-order valence-corrected chi connectivity index (χ0v) is 13.9. The molecule has 6 heteroatoms. The fourth-order valence-corrected chi connectivity index (χ4v) is 2.65. The molecule has 2 rings (SSSR count). The molecule has 0 unspecified atom stereocenters. The normalized spacial score (nSPS) is 20.6. The van der Waals surface area contributed by atoms with Gasteiger partial charge < -0.3 is 15.4 Å². The van der Waals surface area contributed by atoms with E-state index in [1.807, 2.05) is 0 Å². The lowest BCUT2D eigenvalue weighted by Gasteiger charge is -2.33. The highest BCUT2D eigenvalue weighted by molar-refractivity contribution is 6.30. The fraction of sp³-hybridized carbons (Fsp3) is 0.412. The number of amides is 2. The van der Waals surface area contributed by atoms with Gasteiger partial charge in [0.2, 0.25) is 0 Å². The van der Waals surface area contributed by atoms with Crippen LogP contribution in [0.15, 0.2) is 36.5 Å². The predicted molar refractivity (Wildman–Crippen MR) is 89.0 cm³/mol. The Kier molecular flexibility index (Phi) is 6.04. The lowest BCUT2D eigenvalue weighted by atomic mass is 9.89. The SMILES string of the molecule is C=C1NC(=O)N[C@@H](c2ccc(Cl)cc2)[C@@H]1C(=O)OCCCCC. The van der Waals surface area contributed by atoms with Crippen LogP contribution in [0.1, 0.15) is 37.8 Å². The molecule has 1 aliphatic rings. The van der Waals surface area contributed by atoms with Gasteiger partial charge in [0, 0.05) is 10.7 Å². The second kappa shape index (κ2) is 8.02. The molecule has 0 saturated carbocycles. The summed E-state index contributed by atoms with van der Waals surface area (Å²) >= 11 is 5.90. The summed E-state index contributed by atoms with van der Waals surface area (Å²) in [5.74, 6) is -1.06. The number of benzene rings is 1. The molecule has 2 atom stereocenters. The number of hydrogen-bond donors (Lipinski definition) is 2. The van der Waals surface area contributed by atoms with Crippen LogP contribution in [-0.2, 0) is 9.53 Å². The van der Waals surface area contributed by atoms with E-state index in [2.05, 4.69) is 24.1 Å². The van der Waals surface area contributed by atoms with E-state index in [0.717, 1.165) is 24.8 Å². The number of ether oxygens (including phenoxy) is 1. The molecule has 1 aromatic carbocycles. The van der Waals surface area contributed by atoms with Crippen molar-refractivity contribution in [1.29, 1.82) is 0 Å². The van der Waals surface area contributed by atoms with E-state index in [9.17, 15) is 9.59 Å². The Morgan fingerprint density at radius 3 is 2.65 bits per heavy atom. The van der Waals surface area contributed by atoms with Crippen molar-refractivity contribution in [2.45, 2.75) is 32.2 Å². The maximum atomic E-state index is 12.4. The van der Waals surface area contributed by atoms with E-state index in [-0.39, 0.29) is 6.03 Å². The number of urea groups is 1. The topological polar surface area (TPSA) is 67.4 Å². The number of hydrogen-bond acceptors (Lipinski definition) is 3. The van der Waals surface area contributed by atoms with Crippen LogP contribution in [0.3, 0.4) is 0 Å². The van der Waals surface area contributed by atoms with Crippen LogP contribution in [0, 0.1) is 5.92 Å². The summed E-state index contributed by atoms with van der Waals surface area (Å²) in [4.78, 5) is 24.2. The zero-order valence-electron chi connectivity index (χ0n) is 13.1. The Balaban J connectivity index is 2.14. The third kappa shape index (κ3) is 4.48. The minimum absolute atomic E-state index is 0.342. The van der Waals surface area contributed by atoms with Gasteiger partial charge in [0.25, 0.3) is 0 Å². The minimum Gasteiger partial charge on any atom is -0.465 e. The first kappa shape index (κ1) is 17.3. The maximum absolute atomic E-state index is 12.4. The zero-order chi connectivity index (χ0) is 16.8. The van der Waals surface area contributed by atoms with Gasteiger partial charge in [0.05, 0.1) is 12.6 Å². The van der Waals surface area contributed by atoms with Crippen molar-refractivity contribution in [2.75, 3.05) is 6.61 Å². The molecule has 2 N–H and O–H groups in total. The molecular formula is C17H21ClN2O3. The standard InChI is InChI=1S/C17H21ClN2O3/c1-3-4-5-10-23-16(21)14-11(2)19-17(22)20-15(14)12-6-8-13(18)9-7-12/h6-9,14-15H,2-5,10H2,1H3,(H2,19,20,22)/t14-,15+/m1/s1. The summed E-state index contributed by atoms with van der Waals surface area (Å²) < 4.78 is 5.35. The number of nitrogens with one attached hydrogen (secondary N) is 2. The quantitative estimate of drug-likeness (QED) is 0.616. The van der Waals surface area contributed by atoms with Crippen molar-refractivity contribution < 1.29 is 14.3 Å². The molecule has 1 aliphatic heterocycles. The van der Waals surface area contributed by atoms with Gasteiger partial charge in [-0.2, -0.15) is 0 Å². The average molecular weight is 337 g/mol. The van der Waals surface area contributed by atoms with Crippen molar-refractivity contribution >= 4 is 23.6 Å². The minimum atomic E-state index is -0.671. The van der Waals surface area contributed by atoms with E-state index < -0.39 is 17.9 Å². The second-order valence-electron chi connectivity index (χ2n) is 5.51. The predicted octanol–water partition coefficient (Wildman–Crippen LogP) is 3.56. The van der Waals surface area contributed by atoms with Crippen molar-refractivity contribution in [1.82, 2.24) is 10.6 Å². The Morgan fingerprint density at radius 1 is 1.30 bits per heavy atom. The Morgan fingerprint density at radius 2 is 2.00 bits per heavy atom. The van der Waals surface area contributed by atoms with Crippen molar-refractivity contribution in [3.63, 3.8) is 0 Å². The number of rotatable bonds is 6. The Hall–Kier alpha value is -2.01. The molecule has 1 aromatic rings. The molecule has 124 valence electrons. The monoisotopic (exact) mass is 336 g/mol. The van der Waals surface area contributed by atoms with Gasteiger partial charge in [-0.15, -0.1) is 0 Å². The van der Waals surface area contributed by atoms with Crippen LogP contribution >= 0.6 is 11.6 Å². The number of esters is 1. The first-order valence-corrected chi connectivity index (χ1v) is 8.09. The van der Waals surface area contributed by atoms with Crippen LogP contribution < -0.4 is 10.6 Å². The Bertz CT molecular complexity index is 586. The molecule has 0 aliphatic carbocycles. The third-order valence-electron chi connectivity index (χ3n) is 3.74. The summed E-state index contributed by atoms with van der Waals surface area (Å²) in [6.45, 7) is 6.26. The number of unbranched alkanes of at least 4 members (excludes halogenated alkanes) is 2. The molecule has 1 fully saturated rings.